The number of carbonyl (C=O) groups is 4. The summed E-state index contributed by atoms with van der Waals surface area (Å²) < 4.78 is 0. The van der Waals surface area contributed by atoms with Gasteiger partial charge in [0.15, 0.2) is 0 Å². The van der Waals surface area contributed by atoms with E-state index in [1.807, 2.05) is 19.0 Å². The monoisotopic (exact) mass is 346 g/mol. The number of hydroxylamine groups is 2. The fourth-order valence-electron chi connectivity index (χ4n) is 2.32. The lowest BCUT2D eigenvalue weighted by Gasteiger charge is -2.23. The summed E-state index contributed by atoms with van der Waals surface area (Å²) in [5.74, 6) is -1.96. The number of nitrogens with two attached hydrogens (primary N) is 1. The predicted octanol–water partition coefficient (Wildman–Crippen LogP) is -0.841. The van der Waals surface area contributed by atoms with Gasteiger partial charge in [-0.1, -0.05) is 6.42 Å². The van der Waals surface area contributed by atoms with Crippen LogP contribution in [0.4, 0.5) is 0 Å². The summed E-state index contributed by atoms with van der Waals surface area (Å²) in [4.78, 5) is 53.0. The molecule has 1 unspecified atom stereocenters. The van der Waals surface area contributed by atoms with Crippen molar-refractivity contribution in [3.63, 3.8) is 0 Å². The predicted molar refractivity (Wildman–Crippen MR) is 85.2 cm³/mol. The second kappa shape index (κ2) is 9.99. The molecule has 9 nitrogen and oxygen atoms in total. The Hall–Kier alpha value is -2.00. The highest BCUT2D eigenvalue weighted by Crippen LogP contribution is 2.12. The molecular weight excluding hydrogens is 320 g/mol. The first-order valence-electron chi connectivity index (χ1n) is 8.07. The Morgan fingerprint density at radius 2 is 1.88 bits per heavy atom. The maximum atomic E-state index is 12.2. The quantitative estimate of drug-likeness (QED) is 0.229. The fraction of sp³-hybridized carbons (Fsp3) is 0.733. The minimum Gasteiger partial charge on any atom is -0.354 e. The van der Waals surface area contributed by atoms with E-state index >= 15 is 0 Å². The van der Waals surface area contributed by atoms with E-state index in [4.69, 9.17) is 10.6 Å². The summed E-state index contributed by atoms with van der Waals surface area (Å²) in [6.45, 7) is 0.663. The Bertz CT molecular complexity index is 464. The Labute approximate surface area is 141 Å². The fourth-order valence-corrected chi connectivity index (χ4v) is 2.32. The second-order valence-electron chi connectivity index (χ2n) is 5.85. The molecule has 0 saturated carbocycles. The number of likely N-dealkylation sites (N-methyl/N-ethyl adjacent to an activating group) is 1. The molecule has 0 radical (unpaired) electrons. The van der Waals surface area contributed by atoms with Gasteiger partial charge in [-0.3, -0.25) is 19.3 Å². The summed E-state index contributed by atoms with van der Waals surface area (Å²) in [5, 5.41) is 3.17. The molecule has 0 aromatic heterocycles. The van der Waals surface area contributed by atoms with E-state index in [0.29, 0.717) is 18.0 Å². The van der Waals surface area contributed by atoms with Crippen molar-refractivity contribution in [3.8, 4) is 0 Å². The molecule has 0 spiro atoms. The molecule has 136 valence electrons. The van der Waals surface area contributed by atoms with Crippen LogP contribution in [0.1, 0.15) is 38.5 Å². The van der Waals surface area contributed by atoms with E-state index in [1.165, 1.54) is 0 Å². The van der Waals surface area contributed by atoms with Gasteiger partial charge in [0.2, 0.25) is 5.91 Å². The van der Waals surface area contributed by atoms with Crippen LogP contribution < -0.4 is 11.1 Å². The van der Waals surface area contributed by atoms with E-state index < -0.39 is 17.8 Å². The van der Waals surface area contributed by atoms with E-state index in [-0.39, 0.29) is 37.8 Å². The highest BCUT2D eigenvalue weighted by Gasteiger charge is 2.32. The van der Waals surface area contributed by atoms with Crippen molar-refractivity contribution in [2.45, 2.75) is 44.6 Å². The Morgan fingerprint density at radius 3 is 2.42 bits per heavy atom. The van der Waals surface area contributed by atoms with Crippen molar-refractivity contribution < 1.29 is 24.0 Å². The lowest BCUT2D eigenvalue weighted by Crippen LogP contribution is -2.44. The number of amides is 3. The van der Waals surface area contributed by atoms with E-state index in [2.05, 4.69) is 5.32 Å². The number of nitrogens with zero attached hydrogens (tertiary/aromatic N) is 2. The molecule has 1 aliphatic rings. The molecule has 0 aromatic carbocycles. The molecular formula is C15H26N4O5. The van der Waals surface area contributed by atoms with Crippen molar-refractivity contribution >= 4 is 23.7 Å². The number of rotatable bonds is 10. The second-order valence-corrected chi connectivity index (χ2v) is 5.85. The number of nitrogens with one attached hydrogen (secondary N) is 1. The van der Waals surface area contributed by atoms with Gasteiger partial charge >= 0.3 is 5.97 Å². The zero-order chi connectivity index (χ0) is 18.1. The van der Waals surface area contributed by atoms with Crippen LogP contribution in [0.3, 0.4) is 0 Å². The number of imide groups is 1. The van der Waals surface area contributed by atoms with Gasteiger partial charge in [-0.25, -0.2) is 4.79 Å². The van der Waals surface area contributed by atoms with Crippen LogP contribution in [-0.4, -0.2) is 66.9 Å². The van der Waals surface area contributed by atoms with Gasteiger partial charge in [-0.15, -0.1) is 5.06 Å². The normalized spacial score (nSPS) is 15.8. The molecule has 1 atom stereocenters. The summed E-state index contributed by atoms with van der Waals surface area (Å²) >= 11 is 0. The number of hydrogen-bond acceptors (Lipinski definition) is 7. The summed E-state index contributed by atoms with van der Waals surface area (Å²) in [6.07, 6.45) is 2.35. The molecule has 3 amide bonds. The van der Waals surface area contributed by atoms with Crippen LogP contribution in [0.25, 0.3) is 0 Å². The first-order chi connectivity index (χ1) is 11.4. The zero-order valence-corrected chi connectivity index (χ0v) is 14.2. The van der Waals surface area contributed by atoms with Gasteiger partial charge in [0.25, 0.3) is 11.8 Å². The largest absolute Gasteiger partial charge is 0.354 e. The van der Waals surface area contributed by atoms with Gasteiger partial charge in [0.05, 0.1) is 12.5 Å². The average Bonchev–Trinajstić information content (AvgIpc) is 2.83. The van der Waals surface area contributed by atoms with Crippen molar-refractivity contribution in [3.05, 3.63) is 0 Å². The third-order valence-electron chi connectivity index (χ3n) is 3.68. The zero-order valence-electron chi connectivity index (χ0n) is 14.2. The molecule has 24 heavy (non-hydrogen) atoms. The molecule has 0 aromatic rings. The first-order valence-corrected chi connectivity index (χ1v) is 8.07. The summed E-state index contributed by atoms with van der Waals surface area (Å²) in [6, 6.07) is -0.297. The SMILES string of the molecule is [13CH3]N([13CH3])C(CCC[13CH2][15NH2])C(=O)NCCC(=O)ON1C(=O)CCC1=O. The topological polar surface area (TPSA) is 122 Å². The van der Waals surface area contributed by atoms with Gasteiger partial charge in [-0.05, 0) is 33.5 Å². The third kappa shape index (κ3) is 6.25. The van der Waals surface area contributed by atoms with Crippen molar-refractivity contribution in [2.75, 3.05) is 27.2 Å². The van der Waals surface area contributed by atoms with Gasteiger partial charge in [0.1, 0.15) is 0 Å². The lowest BCUT2D eigenvalue weighted by molar-refractivity contribution is -0.197. The number of carbonyl (C=O) groups excluding carboxylic acids is 4. The number of unbranched alkanes of at least 4 members (excludes halogenated alkanes) is 1. The lowest BCUT2D eigenvalue weighted by atomic mass is 10.1. The van der Waals surface area contributed by atoms with Crippen molar-refractivity contribution in [2.24, 2.45) is 5.73 Å². The Morgan fingerprint density at radius 1 is 1.25 bits per heavy atom. The van der Waals surface area contributed by atoms with Crippen LogP contribution in [0.5, 0.6) is 0 Å². The minimum atomic E-state index is -0.733. The van der Waals surface area contributed by atoms with Crippen molar-refractivity contribution in [1.82, 2.24) is 15.3 Å². The number of hydrogen-bond donors (Lipinski definition) is 2. The van der Waals surface area contributed by atoms with E-state index in [9.17, 15) is 19.2 Å². The van der Waals surface area contributed by atoms with Gasteiger partial charge < -0.3 is 15.9 Å². The third-order valence-corrected chi connectivity index (χ3v) is 3.68. The minimum absolute atomic E-state index is 0.0517. The molecule has 1 heterocycles. The van der Waals surface area contributed by atoms with Crippen LogP contribution in [0.2, 0.25) is 0 Å². The van der Waals surface area contributed by atoms with Crippen LogP contribution in [-0.2, 0) is 24.0 Å². The molecule has 0 aliphatic carbocycles. The molecule has 1 saturated heterocycles. The van der Waals surface area contributed by atoms with E-state index in [1.54, 1.807) is 0 Å². The maximum absolute atomic E-state index is 12.2. The summed E-state index contributed by atoms with van der Waals surface area (Å²) in [5.41, 5.74) is 5.45. The molecule has 1 rings (SSSR count). The van der Waals surface area contributed by atoms with Gasteiger partial charge in [-0.2, -0.15) is 0 Å². The molecule has 0 bridgehead atoms. The van der Waals surface area contributed by atoms with Crippen molar-refractivity contribution in [1.29, 1.82) is 0 Å². The highest BCUT2D eigenvalue weighted by molar-refractivity contribution is 6.01. The standard InChI is InChI=1S/C15H26N4O5/c1-18(2)11(5-3-4-9-16)15(23)17-10-8-14(22)24-19-12(20)6-7-13(19)21/h11H,3-10,16H2,1-2H3,(H,17,23)/i1+1,2+1,9+1,16+1. The van der Waals surface area contributed by atoms with Crippen LogP contribution in [0.15, 0.2) is 0 Å². The summed E-state index contributed by atoms with van der Waals surface area (Å²) in [7, 11) is 3.62. The maximum Gasteiger partial charge on any atom is 0.334 e. The van der Waals surface area contributed by atoms with Crippen LogP contribution in [0, 0.1) is 0 Å². The first kappa shape index (κ1) is 20.0. The average molecular weight is 346 g/mol. The van der Waals surface area contributed by atoms with Crippen LogP contribution >= 0.6 is 0 Å². The molecule has 9 heteroatoms. The molecule has 3 N–H and O–H groups in total. The Kier molecular flexibility index (Phi) is 8.34. The molecule has 1 aliphatic heterocycles. The molecule has 1 fully saturated rings. The van der Waals surface area contributed by atoms with E-state index in [0.717, 1.165) is 12.8 Å². The highest BCUT2D eigenvalue weighted by atomic mass is 16.7. The Balaban J connectivity index is 2.33. The smallest absolute Gasteiger partial charge is 0.334 e. The van der Waals surface area contributed by atoms with Gasteiger partial charge in [0, 0.05) is 19.4 Å².